The summed E-state index contributed by atoms with van der Waals surface area (Å²) in [5.74, 6) is 1.61. The number of hydrogen-bond donors (Lipinski definition) is 0. The van der Waals surface area contributed by atoms with Crippen LogP contribution in [0.15, 0.2) is 42.5 Å². The molecule has 1 atom stereocenters. The molecule has 1 unspecified atom stereocenters. The van der Waals surface area contributed by atoms with E-state index in [0.29, 0.717) is 12.6 Å². The van der Waals surface area contributed by atoms with E-state index in [2.05, 4.69) is 29.2 Å². The Balaban J connectivity index is 1.75. The summed E-state index contributed by atoms with van der Waals surface area (Å²) in [7, 11) is 1.69. The first kappa shape index (κ1) is 17.1. The average Bonchev–Trinajstić information content (AvgIpc) is 3.05. The summed E-state index contributed by atoms with van der Waals surface area (Å²) in [4.78, 5) is 2.53. The van der Waals surface area contributed by atoms with Crippen molar-refractivity contribution in [3.05, 3.63) is 58.6 Å². The maximum atomic E-state index is 6.02. The van der Waals surface area contributed by atoms with Gasteiger partial charge in [0.15, 0.2) is 11.5 Å². The van der Waals surface area contributed by atoms with Crippen molar-refractivity contribution < 1.29 is 9.47 Å². The van der Waals surface area contributed by atoms with Crippen LogP contribution in [0.1, 0.15) is 36.9 Å². The lowest BCUT2D eigenvalue weighted by molar-refractivity contribution is 0.247. The van der Waals surface area contributed by atoms with E-state index in [1.54, 1.807) is 7.11 Å². The molecule has 0 radical (unpaired) electrons. The summed E-state index contributed by atoms with van der Waals surface area (Å²) >= 11 is 6.02. The van der Waals surface area contributed by atoms with Crippen LogP contribution in [0.4, 0.5) is 0 Å². The van der Waals surface area contributed by atoms with Gasteiger partial charge in [-0.05, 0) is 61.7 Å². The molecule has 1 saturated heterocycles. The number of halogens is 1. The fraction of sp³-hybridized carbons (Fsp3) is 0.400. The minimum Gasteiger partial charge on any atom is -0.493 e. The summed E-state index contributed by atoms with van der Waals surface area (Å²) in [6.07, 6.45) is 2.41. The average molecular weight is 346 g/mol. The van der Waals surface area contributed by atoms with E-state index in [1.807, 2.05) is 25.1 Å². The van der Waals surface area contributed by atoms with E-state index < -0.39 is 0 Å². The number of likely N-dealkylation sites (tertiary alicyclic amines) is 1. The van der Waals surface area contributed by atoms with Crippen LogP contribution < -0.4 is 9.47 Å². The molecular formula is C20H24ClNO2. The third kappa shape index (κ3) is 3.85. The van der Waals surface area contributed by atoms with Gasteiger partial charge in [0.1, 0.15) is 0 Å². The third-order valence-corrected chi connectivity index (χ3v) is 4.78. The Morgan fingerprint density at radius 3 is 2.62 bits per heavy atom. The summed E-state index contributed by atoms with van der Waals surface area (Å²) in [5, 5.41) is 0.791. The summed E-state index contributed by atoms with van der Waals surface area (Å²) < 4.78 is 11.1. The highest BCUT2D eigenvalue weighted by atomic mass is 35.5. The fourth-order valence-corrected chi connectivity index (χ4v) is 3.52. The molecule has 3 nitrogen and oxygen atoms in total. The molecule has 0 aromatic heterocycles. The van der Waals surface area contributed by atoms with Gasteiger partial charge in [-0.3, -0.25) is 4.90 Å². The zero-order chi connectivity index (χ0) is 16.9. The van der Waals surface area contributed by atoms with Crippen molar-refractivity contribution in [3.63, 3.8) is 0 Å². The number of ether oxygens (including phenoxy) is 2. The van der Waals surface area contributed by atoms with Crippen LogP contribution >= 0.6 is 11.6 Å². The lowest BCUT2D eigenvalue weighted by atomic mass is 10.0. The lowest BCUT2D eigenvalue weighted by Crippen LogP contribution is -2.22. The normalized spacial score (nSPS) is 17.9. The lowest BCUT2D eigenvalue weighted by Gasteiger charge is -2.25. The third-order valence-electron chi connectivity index (χ3n) is 4.53. The van der Waals surface area contributed by atoms with Gasteiger partial charge in [0.2, 0.25) is 0 Å². The predicted octanol–water partition coefficient (Wildman–Crippen LogP) is 5.08. The minimum atomic E-state index is 0.458. The Kier molecular flexibility index (Phi) is 5.64. The first-order valence-corrected chi connectivity index (χ1v) is 8.88. The molecule has 0 bridgehead atoms. The molecule has 0 saturated carbocycles. The van der Waals surface area contributed by atoms with Crippen LogP contribution in [0.5, 0.6) is 11.5 Å². The molecule has 1 heterocycles. The van der Waals surface area contributed by atoms with Gasteiger partial charge in [0, 0.05) is 17.6 Å². The van der Waals surface area contributed by atoms with Gasteiger partial charge in [0.25, 0.3) is 0 Å². The molecule has 0 aliphatic carbocycles. The van der Waals surface area contributed by atoms with E-state index >= 15 is 0 Å². The van der Waals surface area contributed by atoms with Crippen molar-refractivity contribution in [2.24, 2.45) is 0 Å². The standard InChI is InChI=1S/C20H24ClNO2/c1-3-24-19-11-6-15(13-20(19)23-2)14-22-12-4-5-18(22)16-7-9-17(21)10-8-16/h6-11,13,18H,3-5,12,14H2,1-2H3. The summed E-state index contributed by atoms with van der Waals surface area (Å²) in [6.45, 7) is 4.65. The molecule has 0 N–H and O–H groups in total. The van der Waals surface area contributed by atoms with Crippen molar-refractivity contribution >= 4 is 11.6 Å². The topological polar surface area (TPSA) is 21.7 Å². The molecule has 0 amide bonds. The van der Waals surface area contributed by atoms with E-state index in [-0.39, 0.29) is 0 Å². The first-order valence-electron chi connectivity index (χ1n) is 8.50. The molecule has 0 spiro atoms. The molecule has 4 heteroatoms. The minimum absolute atomic E-state index is 0.458. The Hall–Kier alpha value is -1.71. The second kappa shape index (κ2) is 7.91. The monoisotopic (exact) mass is 345 g/mol. The highest BCUT2D eigenvalue weighted by Gasteiger charge is 2.26. The summed E-state index contributed by atoms with van der Waals surface area (Å²) in [5.41, 5.74) is 2.59. The van der Waals surface area contributed by atoms with Crippen LogP contribution in [0.25, 0.3) is 0 Å². The van der Waals surface area contributed by atoms with Crippen molar-refractivity contribution in [1.82, 2.24) is 4.90 Å². The van der Waals surface area contributed by atoms with E-state index in [9.17, 15) is 0 Å². The van der Waals surface area contributed by atoms with Gasteiger partial charge in [-0.25, -0.2) is 0 Å². The van der Waals surface area contributed by atoms with Crippen LogP contribution in [-0.2, 0) is 6.54 Å². The predicted molar refractivity (Wildman–Crippen MR) is 98.0 cm³/mol. The van der Waals surface area contributed by atoms with E-state index in [1.165, 1.54) is 24.0 Å². The van der Waals surface area contributed by atoms with Crippen molar-refractivity contribution in [2.45, 2.75) is 32.4 Å². The Bertz CT molecular complexity index is 672. The Morgan fingerprint density at radius 1 is 1.12 bits per heavy atom. The van der Waals surface area contributed by atoms with Gasteiger partial charge in [-0.2, -0.15) is 0 Å². The number of rotatable bonds is 6. The number of benzene rings is 2. The Labute approximate surface area is 149 Å². The highest BCUT2D eigenvalue weighted by Crippen LogP contribution is 2.35. The van der Waals surface area contributed by atoms with Gasteiger partial charge >= 0.3 is 0 Å². The molecule has 2 aromatic carbocycles. The first-order chi connectivity index (χ1) is 11.7. The van der Waals surface area contributed by atoms with Gasteiger partial charge in [-0.15, -0.1) is 0 Å². The van der Waals surface area contributed by atoms with E-state index in [4.69, 9.17) is 21.1 Å². The highest BCUT2D eigenvalue weighted by molar-refractivity contribution is 6.30. The molecule has 1 aliphatic heterocycles. The molecule has 128 valence electrons. The number of methoxy groups -OCH3 is 1. The summed E-state index contributed by atoms with van der Waals surface area (Å²) in [6, 6.07) is 14.9. The van der Waals surface area contributed by atoms with Crippen molar-refractivity contribution in [2.75, 3.05) is 20.3 Å². The molecule has 2 aromatic rings. The quantitative estimate of drug-likeness (QED) is 0.728. The Morgan fingerprint density at radius 2 is 1.92 bits per heavy atom. The molecule has 24 heavy (non-hydrogen) atoms. The molecule has 3 rings (SSSR count). The van der Waals surface area contributed by atoms with Gasteiger partial charge in [-0.1, -0.05) is 29.8 Å². The smallest absolute Gasteiger partial charge is 0.161 e. The van der Waals surface area contributed by atoms with Crippen molar-refractivity contribution in [3.8, 4) is 11.5 Å². The van der Waals surface area contributed by atoms with Crippen LogP contribution in [0.2, 0.25) is 5.02 Å². The number of hydrogen-bond acceptors (Lipinski definition) is 3. The molecule has 1 fully saturated rings. The molecule has 1 aliphatic rings. The SMILES string of the molecule is CCOc1ccc(CN2CCCC2c2ccc(Cl)cc2)cc1OC. The zero-order valence-electron chi connectivity index (χ0n) is 14.3. The fourth-order valence-electron chi connectivity index (χ4n) is 3.40. The maximum absolute atomic E-state index is 6.02. The van der Waals surface area contributed by atoms with Crippen LogP contribution in [0, 0.1) is 0 Å². The zero-order valence-corrected chi connectivity index (χ0v) is 15.1. The van der Waals surface area contributed by atoms with Crippen LogP contribution in [-0.4, -0.2) is 25.2 Å². The maximum Gasteiger partial charge on any atom is 0.161 e. The molecular weight excluding hydrogens is 322 g/mol. The van der Waals surface area contributed by atoms with Gasteiger partial charge < -0.3 is 9.47 Å². The second-order valence-electron chi connectivity index (χ2n) is 6.10. The van der Waals surface area contributed by atoms with Crippen molar-refractivity contribution in [1.29, 1.82) is 0 Å². The van der Waals surface area contributed by atoms with Gasteiger partial charge in [0.05, 0.1) is 13.7 Å². The second-order valence-corrected chi connectivity index (χ2v) is 6.53. The largest absolute Gasteiger partial charge is 0.493 e. The number of nitrogens with zero attached hydrogens (tertiary/aromatic N) is 1. The van der Waals surface area contributed by atoms with Crippen LogP contribution in [0.3, 0.4) is 0 Å². The van der Waals surface area contributed by atoms with E-state index in [0.717, 1.165) is 29.6 Å².